The predicted molar refractivity (Wildman–Crippen MR) is 47.5 cm³/mol. The lowest BCUT2D eigenvalue weighted by Crippen LogP contribution is -2.47. The second-order valence-electron chi connectivity index (χ2n) is 3.20. The minimum atomic E-state index is -0.434. The van der Waals surface area contributed by atoms with E-state index < -0.39 is 6.04 Å². The molecule has 1 unspecified atom stereocenters. The maximum Gasteiger partial charge on any atom is 0.255 e. The average Bonchev–Trinajstić information content (AvgIpc) is 2.69. The largest absolute Gasteiger partial charge is 0.362 e. The van der Waals surface area contributed by atoms with Gasteiger partial charge in [0.2, 0.25) is 0 Å². The van der Waals surface area contributed by atoms with Crippen LogP contribution < -0.4 is 0 Å². The number of morpholine rings is 1. The highest BCUT2D eigenvalue weighted by Crippen LogP contribution is 2.18. The summed E-state index contributed by atoms with van der Waals surface area (Å²) in [6.45, 7) is 1.58. The molecule has 7 heteroatoms. The topological polar surface area (TPSA) is 88.2 Å². The van der Waals surface area contributed by atoms with E-state index in [0.717, 1.165) is 4.90 Å². The zero-order valence-corrected chi connectivity index (χ0v) is 8.14. The van der Waals surface area contributed by atoms with Crippen molar-refractivity contribution in [1.29, 1.82) is 0 Å². The van der Waals surface area contributed by atoms with Gasteiger partial charge in [0.25, 0.3) is 11.8 Å². The summed E-state index contributed by atoms with van der Waals surface area (Å²) in [5, 5.41) is 6.30. The maximum absolute atomic E-state index is 11.5. The van der Waals surface area contributed by atoms with Crippen LogP contribution in [0.2, 0.25) is 0 Å². The van der Waals surface area contributed by atoms with Crippen LogP contribution in [0.1, 0.15) is 18.8 Å². The second-order valence-corrected chi connectivity index (χ2v) is 3.20. The molecule has 15 heavy (non-hydrogen) atoms. The zero-order valence-electron chi connectivity index (χ0n) is 8.14. The Kier molecular flexibility index (Phi) is 2.46. The van der Waals surface area contributed by atoms with Crippen molar-refractivity contribution in [1.82, 2.24) is 20.1 Å². The Hall–Kier alpha value is -1.76. The van der Waals surface area contributed by atoms with Crippen molar-refractivity contribution < 1.29 is 14.3 Å². The molecule has 2 amide bonds. The number of aromatic nitrogens is 3. The van der Waals surface area contributed by atoms with Crippen molar-refractivity contribution in [2.24, 2.45) is 0 Å². The molecule has 0 aromatic carbocycles. The van der Waals surface area contributed by atoms with Crippen LogP contribution in [0.4, 0.5) is 0 Å². The Balaban J connectivity index is 2.21. The SMILES string of the molecule is CC(c1ncn[nH]1)N1C(=O)COCC1=O. The minimum absolute atomic E-state index is 0.0653. The molecule has 1 aliphatic rings. The van der Waals surface area contributed by atoms with Crippen molar-refractivity contribution in [3.8, 4) is 0 Å². The summed E-state index contributed by atoms with van der Waals surface area (Å²) in [5.41, 5.74) is 0. The van der Waals surface area contributed by atoms with Gasteiger partial charge in [0.15, 0.2) is 0 Å². The standard InChI is InChI=1S/C8H10N4O3/c1-5(8-9-4-10-11-8)12-6(13)2-15-3-7(12)14/h4-5H,2-3H2,1H3,(H,9,10,11). The number of carbonyl (C=O) groups excluding carboxylic acids is 2. The van der Waals surface area contributed by atoms with Gasteiger partial charge in [-0.3, -0.25) is 19.6 Å². The lowest BCUT2D eigenvalue weighted by atomic mass is 10.2. The van der Waals surface area contributed by atoms with Crippen LogP contribution in [0.3, 0.4) is 0 Å². The van der Waals surface area contributed by atoms with Gasteiger partial charge in [0, 0.05) is 0 Å². The first-order valence-corrected chi connectivity index (χ1v) is 4.48. The van der Waals surface area contributed by atoms with Gasteiger partial charge in [0.05, 0.1) is 6.04 Å². The van der Waals surface area contributed by atoms with Crippen LogP contribution in [0.15, 0.2) is 6.33 Å². The summed E-state index contributed by atoms with van der Waals surface area (Å²) in [6.07, 6.45) is 1.33. The van der Waals surface area contributed by atoms with E-state index in [1.165, 1.54) is 6.33 Å². The molecule has 0 aliphatic carbocycles. The van der Waals surface area contributed by atoms with Crippen molar-refractivity contribution in [2.45, 2.75) is 13.0 Å². The summed E-state index contributed by atoms with van der Waals surface area (Å²) in [6, 6.07) is -0.434. The number of nitrogens with one attached hydrogen (secondary N) is 1. The van der Waals surface area contributed by atoms with E-state index in [0.29, 0.717) is 5.82 Å². The van der Waals surface area contributed by atoms with Crippen molar-refractivity contribution >= 4 is 11.8 Å². The number of hydrogen-bond donors (Lipinski definition) is 1. The summed E-state index contributed by atoms with van der Waals surface area (Å²) in [5.74, 6) is -0.219. The summed E-state index contributed by atoms with van der Waals surface area (Å²) >= 11 is 0. The third kappa shape index (κ3) is 1.73. The van der Waals surface area contributed by atoms with Crippen LogP contribution in [0, 0.1) is 0 Å². The monoisotopic (exact) mass is 210 g/mol. The fourth-order valence-electron chi connectivity index (χ4n) is 1.47. The number of aromatic amines is 1. The molecule has 0 radical (unpaired) electrons. The number of ether oxygens (including phenoxy) is 1. The summed E-state index contributed by atoms with van der Waals surface area (Å²) in [7, 11) is 0. The van der Waals surface area contributed by atoms with Crippen LogP contribution in [0.5, 0.6) is 0 Å². The van der Waals surface area contributed by atoms with E-state index in [2.05, 4.69) is 15.2 Å². The highest BCUT2D eigenvalue weighted by atomic mass is 16.5. The molecule has 0 saturated carbocycles. The number of amides is 2. The van der Waals surface area contributed by atoms with E-state index in [1.807, 2.05) is 0 Å². The number of H-pyrrole nitrogens is 1. The molecule has 1 aliphatic heterocycles. The summed E-state index contributed by atoms with van der Waals surface area (Å²) in [4.78, 5) is 28.0. The van der Waals surface area contributed by atoms with E-state index in [9.17, 15) is 9.59 Å². The fraction of sp³-hybridized carbons (Fsp3) is 0.500. The Bertz CT molecular complexity index is 359. The quantitative estimate of drug-likeness (QED) is 0.649. The van der Waals surface area contributed by atoms with Gasteiger partial charge in [-0.05, 0) is 6.92 Å². The molecule has 2 rings (SSSR count). The van der Waals surface area contributed by atoms with Gasteiger partial charge in [0.1, 0.15) is 25.4 Å². The highest BCUT2D eigenvalue weighted by molar-refractivity contribution is 5.98. The van der Waals surface area contributed by atoms with E-state index in [4.69, 9.17) is 4.74 Å². The van der Waals surface area contributed by atoms with Gasteiger partial charge in [-0.1, -0.05) is 0 Å². The first-order valence-electron chi connectivity index (χ1n) is 4.48. The lowest BCUT2D eigenvalue weighted by Gasteiger charge is -2.28. The molecule has 0 bridgehead atoms. The number of imide groups is 1. The number of carbonyl (C=O) groups is 2. The molecular weight excluding hydrogens is 200 g/mol. The van der Waals surface area contributed by atoms with Crippen LogP contribution in [-0.2, 0) is 14.3 Å². The number of rotatable bonds is 2. The molecule has 1 N–H and O–H groups in total. The average molecular weight is 210 g/mol. The van der Waals surface area contributed by atoms with Gasteiger partial charge < -0.3 is 4.74 Å². The first-order chi connectivity index (χ1) is 7.20. The number of hydrogen-bond acceptors (Lipinski definition) is 5. The van der Waals surface area contributed by atoms with Gasteiger partial charge in [-0.2, -0.15) is 5.10 Å². The molecule has 1 saturated heterocycles. The van der Waals surface area contributed by atoms with Crippen molar-refractivity contribution in [2.75, 3.05) is 13.2 Å². The lowest BCUT2D eigenvalue weighted by molar-refractivity contribution is -0.161. The van der Waals surface area contributed by atoms with E-state index >= 15 is 0 Å². The van der Waals surface area contributed by atoms with Crippen molar-refractivity contribution in [3.63, 3.8) is 0 Å². The Morgan fingerprint density at radius 1 is 1.47 bits per heavy atom. The molecular formula is C8H10N4O3. The molecule has 7 nitrogen and oxygen atoms in total. The molecule has 1 aromatic heterocycles. The van der Waals surface area contributed by atoms with Gasteiger partial charge in [-0.25, -0.2) is 4.98 Å². The smallest absolute Gasteiger partial charge is 0.255 e. The van der Waals surface area contributed by atoms with Crippen LogP contribution in [-0.4, -0.2) is 45.1 Å². The van der Waals surface area contributed by atoms with Gasteiger partial charge in [-0.15, -0.1) is 0 Å². The first kappa shape index (κ1) is 9.78. The molecule has 80 valence electrons. The third-order valence-corrected chi connectivity index (χ3v) is 2.21. The molecule has 1 atom stereocenters. The Labute approximate surface area is 85.4 Å². The number of nitrogens with zero attached hydrogens (tertiary/aromatic N) is 3. The molecule has 0 spiro atoms. The maximum atomic E-state index is 11.5. The van der Waals surface area contributed by atoms with E-state index in [1.54, 1.807) is 6.92 Å². The van der Waals surface area contributed by atoms with Crippen LogP contribution >= 0.6 is 0 Å². The fourth-order valence-corrected chi connectivity index (χ4v) is 1.47. The molecule has 1 aromatic rings. The Morgan fingerprint density at radius 2 is 2.13 bits per heavy atom. The van der Waals surface area contributed by atoms with Crippen molar-refractivity contribution in [3.05, 3.63) is 12.2 Å². The minimum Gasteiger partial charge on any atom is -0.362 e. The Morgan fingerprint density at radius 3 is 2.67 bits per heavy atom. The van der Waals surface area contributed by atoms with Crippen LogP contribution in [0.25, 0.3) is 0 Å². The summed E-state index contributed by atoms with van der Waals surface area (Å²) < 4.78 is 4.80. The second kappa shape index (κ2) is 3.77. The van der Waals surface area contributed by atoms with Gasteiger partial charge >= 0.3 is 0 Å². The highest BCUT2D eigenvalue weighted by Gasteiger charge is 2.32. The normalized spacial score (nSPS) is 19.4. The zero-order chi connectivity index (χ0) is 10.8. The third-order valence-electron chi connectivity index (χ3n) is 2.21. The molecule has 2 heterocycles. The predicted octanol–water partition coefficient (Wildman–Crippen LogP) is -0.749. The molecule has 1 fully saturated rings. The van der Waals surface area contributed by atoms with E-state index in [-0.39, 0.29) is 25.0 Å².